The molecule has 0 aliphatic carbocycles. The zero-order chi connectivity index (χ0) is 30.2. The summed E-state index contributed by atoms with van der Waals surface area (Å²) in [6.07, 6.45) is 1.65. The molecule has 7 nitrogen and oxygen atoms in total. The molecule has 0 spiro atoms. The minimum absolute atomic E-state index is 0.132. The summed E-state index contributed by atoms with van der Waals surface area (Å²) >= 11 is 4.26. The van der Waals surface area contributed by atoms with Crippen molar-refractivity contribution < 1.29 is 14.4 Å². The van der Waals surface area contributed by atoms with Crippen LogP contribution in [0.25, 0.3) is 17.3 Å². The average molecular weight is 625 g/mol. The van der Waals surface area contributed by atoms with Gasteiger partial charge < -0.3 is 16.0 Å². The molecule has 0 saturated carbocycles. The zero-order valence-corrected chi connectivity index (χ0v) is 25.8. The summed E-state index contributed by atoms with van der Waals surface area (Å²) in [6, 6.07) is 27.8. The Morgan fingerprint density at radius 3 is 2.30 bits per heavy atom. The largest absolute Gasteiger partial charge is 0.321 e. The molecule has 0 fully saturated rings. The van der Waals surface area contributed by atoms with Gasteiger partial charge in [-0.3, -0.25) is 14.4 Å². The van der Waals surface area contributed by atoms with E-state index < -0.39 is 5.91 Å². The number of thiazole rings is 1. The molecule has 3 N–H and O–H groups in total. The Hall–Kier alpha value is -4.51. The number of hydrogen-bond acceptors (Lipinski definition) is 7. The molecule has 10 heteroatoms. The Morgan fingerprint density at radius 2 is 1.60 bits per heavy atom. The number of aryl methyl sites for hydroxylation is 1. The van der Waals surface area contributed by atoms with Crippen LogP contribution in [0.2, 0.25) is 0 Å². The summed E-state index contributed by atoms with van der Waals surface area (Å²) in [5.41, 5.74) is 4.15. The lowest BCUT2D eigenvalue weighted by molar-refractivity contribution is -0.115. The molecule has 2 aromatic heterocycles. The topological polar surface area (TPSA) is 100 Å². The van der Waals surface area contributed by atoms with Crippen molar-refractivity contribution in [3.8, 4) is 11.3 Å². The van der Waals surface area contributed by atoms with Crippen molar-refractivity contribution in [3.63, 3.8) is 0 Å². The molecule has 0 bridgehead atoms. The maximum atomic E-state index is 13.2. The van der Waals surface area contributed by atoms with Crippen LogP contribution in [0, 0.1) is 6.92 Å². The molecule has 0 saturated heterocycles. The maximum absolute atomic E-state index is 13.2. The third kappa shape index (κ3) is 8.29. The summed E-state index contributed by atoms with van der Waals surface area (Å²) in [7, 11) is 0. The van der Waals surface area contributed by atoms with E-state index in [1.54, 1.807) is 42.5 Å². The quantitative estimate of drug-likeness (QED) is 0.109. The lowest BCUT2D eigenvalue weighted by atomic mass is 10.1. The SMILES string of the molecule is Cc1ccc(-c2csc(NC(=O)C(C)Sc3ccc(NC(=O)/C(=C/c4cccs4)NC(=O)c4ccccc4)cc3)n2)cc1. The molecule has 3 aromatic carbocycles. The third-order valence-electron chi connectivity index (χ3n) is 6.23. The van der Waals surface area contributed by atoms with Crippen molar-refractivity contribution >= 4 is 69.1 Å². The summed E-state index contributed by atoms with van der Waals surface area (Å²) in [5, 5.41) is 12.5. The number of nitrogens with one attached hydrogen (secondary N) is 3. The molecule has 1 unspecified atom stereocenters. The predicted molar refractivity (Wildman–Crippen MR) is 178 cm³/mol. The fourth-order valence-electron chi connectivity index (χ4n) is 3.93. The monoisotopic (exact) mass is 624 g/mol. The summed E-state index contributed by atoms with van der Waals surface area (Å²) in [6.45, 7) is 3.87. The van der Waals surface area contributed by atoms with Crippen molar-refractivity contribution in [1.82, 2.24) is 10.3 Å². The van der Waals surface area contributed by atoms with E-state index in [2.05, 4.69) is 20.9 Å². The van der Waals surface area contributed by atoms with Gasteiger partial charge in [0, 0.05) is 32.0 Å². The molecule has 5 aromatic rings. The Labute approximate surface area is 262 Å². The van der Waals surface area contributed by atoms with Gasteiger partial charge in [-0.1, -0.05) is 54.1 Å². The second kappa shape index (κ2) is 14.1. The fourth-order valence-corrected chi connectivity index (χ4v) is 6.17. The van der Waals surface area contributed by atoms with Crippen molar-refractivity contribution in [3.05, 3.63) is 123 Å². The Morgan fingerprint density at radius 1 is 0.860 bits per heavy atom. The highest BCUT2D eigenvalue weighted by molar-refractivity contribution is 8.00. The Bertz CT molecular complexity index is 1730. The van der Waals surface area contributed by atoms with Crippen molar-refractivity contribution in [2.24, 2.45) is 0 Å². The van der Waals surface area contributed by atoms with Gasteiger partial charge in [0.2, 0.25) is 5.91 Å². The van der Waals surface area contributed by atoms with Gasteiger partial charge in [-0.2, -0.15) is 0 Å². The third-order valence-corrected chi connectivity index (χ3v) is 8.92. The zero-order valence-electron chi connectivity index (χ0n) is 23.4. The second-order valence-corrected chi connectivity index (χ2v) is 12.8. The number of thioether (sulfide) groups is 1. The van der Waals surface area contributed by atoms with E-state index in [1.807, 2.05) is 79.2 Å². The van der Waals surface area contributed by atoms with Crippen LogP contribution >= 0.6 is 34.4 Å². The highest BCUT2D eigenvalue weighted by Crippen LogP contribution is 2.28. The van der Waals surface area contributed by atoms with Gasteiger partial charge in [-0.15, -0.1) is 34.4 Å². The minimum Gasteiger partial charge on any atom is -0.321 e. The van der Waals surface area contributed by atoms with E-state index in [0.29, 0.717) is 16.4 Å². The molecule has 43 heavy (non-hydrogen) atoms. The number of nitrogens with zero attached hydrogens (tertiary/aromatic N) is 1. The minimum atomic E-state index is -0.445. The van der Waals surface area contributed by atoms with Crippen molar-refractivity contribution in [2.75, 3.05) is 10.6 Å². The summed E-state index contributed by atoms with van der Waals surface area (Å²) in [5.74, 6) is -0.967. The number of carbonyl (C=O) groups is 3. The molecule has 3 amide bonds. The van der Waals surface area contributed by atoms with Gasteiger partial charge >= 0.3 is 0 Å². The maximum Gasteiger partial charge on any atom is 0.272 e. The smallest absolute Gasteiger partial charge is 0.272 e. The number of aromatic nitrogens is 1. The predicted octanol–water partition coefficient (Wildman–Crippen LogP) is 7.71. The van der Waals surface area contributed by atoms with E-state index in [4.69, 9.17) is 0 Å². The number of rotatable bonds is 10. The molecule has 5 rings (SSSR count). The number of hydrogen-bond donors (Lipinski definition) is 3. The number of benzene rings is 3. The van der Waals surface area contributed by atoms with Gasteiger partial charge in [0.05, 0.1) is 10.9 Å². The first-order valence-corrected chi connectivity index (χ1v) is 16.0. The van der Waals surface area contributed by atoms with Crippen LogP contribution in [0.5, 0.6) is 0 Å². The Balaban J connectivity index is 1.18. The summed E-state index contributed by atoms with van der Waals surface area (Å²) < 4.78 is 0. The van der Waals surface area contributed by atoms with Gasteiger partial charge in [0.1, 0.15) is 5.70 Å². The number of anilines is 2. The van der Waals surface area contributed by atoms with Crippen molar-refractivity contribution in [2.45, 2.75) is 24.0 Å². The average Bonchev–Trinajstić information content (AvgIpc) is 3.71. The molecule has 2 heterocycles. The van der Waals surface area contributed by atoms with Crippen LogP contribution in [0.3, 0.4) is 0 Å². The molecule has 0 radical (unpaired) electrons. The standard InChI is InChI=1S/C33H28N4O3S3/c1-21-10-12-23(13-11-21)29-20-42-33(36-29)37-30(38)22(2)43-26-16-14-25(15-17-26)34-32(40)28(19-27-9-6-18-41-27)35-31(39)24-7-4-3-5-8-24/h3-20,22H,1-2H3,(H,34,40)(H,35,39)(H,36,37,38)/b28-19-. The molecular formula is C33H28N4O3S3. The van der Waals surface area contributed by atoms with E-state index in [-0.39, 0.29) is 22.8 Å². The fraction of sp³-hybridized carbons (Fsp3) is 0.0909. The normalized spacial score (nSPS) is 11.9. The highest BCUT2D eigenvalue weighted by Gasteiger charge is 2.18. The first-order chi connectivity index (χ1) is 20.8. The first kappa shape index (κ1) is 30.0. The second-order valence-electron chi connectivity index (χ2n) is 9.53. The molecule has 0 aliphatic heterocycles. The number of carbonyl (C=O) groups excluding carboxylic acids is 3. The lowest BCUT2D eigenvalue weighted by Gasteiger charge is -2.13. The van der Waals surface area contributed by atoms with E-state index in [0.717, 1.165) is 21.0 Å². The Kier molecular flexibility index (Phi) is 9.83. The van der Waals surface area contributed by atoms with E-state index >= 15 is 0 Å². The van der Waals surface area contributed by atoms with Crippen LogP contribution in [0.1, 0.15) is 27.7 Å². The van der Waals surface area contributed by atoms with Gasteiger partial charge in [0.15, 0.2) is 5.13 Å². The number of amides is 3. The summed E-state index contributed by atoms with van der Waals surface area (Å²) in [4.78, 5) is 45.1. The van der Waals surface area contributed by atoms with Gasteiger partial charge in [0.25, 0.3) is 11.8 Å². The lowest BCUT2D eigenvalue weighted by Crippen LogP contribution is -2.30. The number of thiophene rings is 1. The van der Waals surface area contributed by atoms with E-state index in [1.165, 1.54) is 40.0 Å². The van der Waals surface area contributed by atoms with Crippen LogP contribution < -0.4 is 16.0 Å². The van der Waals surface area contributed by atoms with E-state index in [9.17, 15) is 14.4 Å². The van der Waals surface area contributed by atoms with Crippen LogP contribution in [-0.4, -0.2) is 28.0 Å². The van der Waals surface area contributed by atoms with Crippen LogP contribution in [-0.2, 0) is 9.59 Å². The van der Waals surface area contributed by atoms with Crippen LogP contribution in [0.15, 0.2) is 112 Å². The van der Waals surface area contributed by atoms with Gasteiger partial charge in [-0.25, -0.2) is 4.98 Å². The first-order valence-electron chi connectivity index (χ1n) is 13.4. The molecule has 216 valence electrons. The molecule has 0 aliphatic rings. The van der Waals surface area contributed by atoms with Gasteiger partial charge in [-0.05, 0) is 67.8 Å². The molecular weight excluding hydrogens is 597 g/mol. The van der Waals surface area contributed by atoms with Crippen molar-refractivity contribution in [1.29, 1.82) is 0 Å². The molecule has 1 atom stereocenters. The highest BCUT2D eigenvalue weighted by atomic mass is 32.2. The van der Waals surface area contributed by atoms with Crippen LogP contribution in [0.4, 0.5) is 10.8 Å².